The molecule has 3 heterocycles. The monoisotopic (exact) mass is 582 g/mol. The number of benzene rings is 2. The van der Waals surface area contributed by atoms with Gasteiger partial charge in [-0.05, 0) is 61.2 Å². The number of H-pyrrole nitrogens is 2. The number of halogens is 2. The van der Waals surface area contributed by atoms with E-state index in [2.05, 4.69) is 31.6 Å². The van der Waals surface area contributed by atoms with Gasteiger partial charge in [-0.15, -0.1) is 0 Å². The number of imidazole rings is 1. The third-order valence-corrected chi connectivity index (χ3v) is 7.41. The van der Waals surface area contributed by atoms with Crippen LogP contribution in [0.4, 0.5) is 20.6 Å². The van der Waals surface area contributed by atoms with Gasteiger partial charge in [-0.3, -0.25) is 4.79 Å². The summed E-state index contributed by atoms with van der Waals surface area (Å²) in [5.41, 5.74) is 4.73. The van der Waals surface area contributed by atoms with Gasteiger partial charge in [0.15, 0.2) is 0 Å². The van der Waals surface area contributed by atoms with Crippen molar-refractivity contribution >= 4 is 40.1 Å². The van der Waals surface area contributed by atoms with E-state index in [0.717, 1.165) is 48.2 Å². The largest absolute Gasteiger partial charge is 0.447 e. The number of carbonyl (C=O) groups is 1. The van der Waals surface area contributed by atoms with Crippen molar-refractivity contribution in [2.45, 2.75) is 31.9 Å². The van der Waals surface area contributed by atoms with Gasteiger partial charge in [-0.2, -0.15) is 0 Å². The zero-order valence-electron chi connectivity index (χ0n) is 22.5. The highest BCUT2D eigenvalue weighted by Gasteiger charge is 2.23. The fraction of sp³-hybridized carbons (Fsp3) is 0.345. The molecule has 1 atom stereocenters. The first kappa shape index (κ1) is 28.4. The van der Waals surface area contributed by atoms with E-state index in [1.165, 1.54) is 0 Å². The zero-order chi connectivity index (χ0) is 28.9. The van der Waals surface area contributed by atoms with Crippen molar-refractivity contribution < 1.29 is 19.0 Å². The van der Waals surface area contributed by atoms with E-state index in [4.69, 9.17) is 21.3 Å². The smallest absolute Gasteiger partial charge is 0.407 e. The van der Waals surface area contributed by atoms with Crippen molar-refractivity contribution in [1.29, 1.82) is 0 Å². The Morgan fingerprint density at radius 2 is 2.07 bits per heavy atom. The minimum Gasteiger partial charge on any atom is -0.447 e. The van der Waals surface area contributed by atoms with Crippen LogP contribution in [0.5, 0.6) is 0 Å². The number of nitrogens with one attached hydrogen (secondary N) is 4. The van der Waals surface area contributed by atoms with E-state index >= 15 is 0 Å². The first-order valence-electron chi connectivity index (χ1n) is 13.5. The summed E-state index contributed by atoms with van der Waals surface area (Å²) < 4.78 is 17.0. The Kier molecular flexibility index (Phi) is 8.75. The fourth-order valence-electron chi connectivity index (χ4n) is 5.09. The van der Waals surface area contributed by atoms with Gasteiger partial charge in [0, 0.05) is 42.6 Å². The summed E-state index contributed by atoms with van der Waals surface area (Å²) >= 11 is 6.06. The standard InChI is InChI=1S/C29H32ClFN6O4/c1-17-13-21(37-10-6-20(7-11-37)34-29(40)41-12-8-31)15-23-26(17)36-27(35-23)25-22(5-9-32-28(25)39)33-16-24(38)18-3-2-4-19(30)14-18/h2-5,9,13-15,20,24,38H,6-8,10-12,16H2,1H3,(H,34,40)(H,35,36)(H2,32,33,39)/t24-/m1/s1. The number of anilines is 2. The van der Waals surface area contributed by atoms with Crippen molar-refractivity contribution in [1.82, 2.24) is 20.3 Å². The molecule has 41 heavy (non-hydrogen) atoms. The number of aromatic amines is 2. The maximum atomic E-state index is 12.9. The molecule has 1 saturated heterocycles. The summed E-state index contributed by atoms with van der Waals surface area (Å²) in [6.45, 7) is 2.64. The maximum Gasteiger partial charge on any atom is 0.407 e. The van der Waals surface area contributed by atoms with E-state index in [-0.39, 0.29) is 24.8 Å². The molecular weight excluding hydrogens is 551 g/mol. The van der Waals surface area contributed by atoms with Crippen LogP contribution >= 0.6 is 11.6 Å². The highest BCUT2D eigenvalue weighted by molar-refractivity contribution is 6.30. The molecule has 0 aliphatic carbocycles. The van der Waals surface area contributed by atoms with E-state index in [0.29, 0.717) is 27.7 Å². The molecule has 1 fully saturated rings. The van der Waals surface area contributed by atoms with Crippen LogP contribution in [0.3, 0.4) is 0 Å². The number of hydrogen-bond acceptors (Lipinski definition) is 7. The van der Waals surface area contributed by atoms with Crippen molar-refractivity contribution in [2.24, 2.45) is 0 Å². The number of nitrogens with zero attached hydrogens (tertiary/aromatic N) is 2. The summed E-state index contributed by atoms with van der Waals surface area (Å²) in [5.74, 6) is 0.413. The van der Waals surface area contributed by atoms with Crippen molar-refractivity contribution in [3.05, 3.63) is 75.2 Å². The average Bonchev–Trinajstić information content (AvgIpc) is 3.39. The van der Waals surface area contributed by atoms with Crippen LogP contribution in [-0.4, -0.2) is 65.1 Å². The number of aryl methyl sites for hydroxylation is 1. The molecule has 12 heteroatoms. The molecule has 0 unspecified atom stereocenters. The number of fused-ring (bicyclic) bond motifs is 1. The number of amides is 1. The van der Waals surface area contributed by atoms with Crippen LogP contribution in [0.25, 0.3) is 22.4 Å². The van der Waals surface area contributed by atoms with Gasteiger partial charge >= 0.3 is 6.09 Å². The van der Waals surface area contributed by atoms with Crippen molar-refractivity contribution in [2.75, 3.05) is 43.1 Å². The molecule has 2 aromatic carbocycles. The van der Waals surface area contributed by atoms with E-state index in [9.17, 15) is 19.1 Å². The quantitative estimate of drug-likeness (QED) is 0.193. The number of aliphatic hydroxyl groups excluding tert-OH is 1. The number of alkyl carbamates (subject to hydrolysis) is 1. The second-order valence-corrected chi connectivity index (χ2v) is 10.5. The van der Waals surface area contributed by atoms with Gasteiger partial charge in [0.25, 0.3) is 5.56 Å². The van der Waals surface area contributed by atoms with Gasteiger partial charge in [0.2, 0.25) is 0 Å². The summed E-state index contributed by atoms with van der Waals surface area (Å²) in [7, 11) is 0. The molecule has 0 bridgehead atoms. The normalized spacial score (nSPS) is 14.7. The molecular formula is C29H32ClFN6O4. The van der Waals surface area contributed by atoms with E-state index in [1.54, 1.807) is 36.5 Å². The SMILES string of the molecule is Cc1cc(N2CCC(NC(=O)OCCF)CC2)cc2[nH]c(-c3c(NC[C@@H](O)c4cccc(Cl)c4)cc[nH]c3=O)nc12. The van der Waals surface area contributed by atoms with Crippen LogP contribution in [-0.2, 0) is 4.74 Å². The summed E-state index contributed by atoms with van der Waals surface area (Å²) in [6.07, 6.45) is 1.58. The lowest BCUT2D eigenvalue weighted by Gasteiger charge is -2.34. The molecule has 0 radical (unpaired) electrons. The first-order chi connectivity index (χ1) is 19.8. The summed E-state index contributed by atoms with van der Waals surface area (Å²) in [5, 5.41) is 17.2. The molecule has 5 rings (SSSR count). The highest BCUT2D eigenvalue weighted by Crippen LogP contribution is 2.30. The Bertz CT molecular complexity index is 1580. The number of pyridine rings is 1. The number of alkyl halides is 1. The van der Waals surface area contributed by atoms with Crippen LogP contribution < -0.4 is 21.1 Å². The minimum absolute atomic E-state index is 0.0323. The predicted molar refractivity (Wildman–Crippen MR) is 157 cm³/mol. The lowest BCUT2D eigenvalue weighted by molar-refractivity contribution is 0.132. The molecule has 1 aliphatic rings. The molecule has 0 saturated carbocycles. The van der Waals surface area contributed by atoms with Crippen LogP contribution in [0, 0.1) is 6.92 Å². The second kappa shape index (κ2) is 12.6. The van der Waals surface area contributed by atoms with Crippen LogP contribution in [0.15, 0.2) is 53.5 Å². The Balaban J connectivity index is 1.32. The molecule has 4 aromatic rings. The topological polar surface area (TPSA) is 135 Å². The molecule has 5 N–H and O–H groups in total. The Labute approximate surface area is 240 Å². The Hall–Kier alpha value is -4.09. The number of piperidine rings is 1. The first-order valence-corrected chi connectivity index (χ1v) is 13.8. The highest BCUT2D eigenvalue weighted by atomic mass is 35.5. The predicted octanol–water partition coefficient (Wildman–Crippen LogP) is 4.69. The van der Waals surface area contributed by atoms with Gasteiger partial charge in [0.05, 0.1) is 22.8 Å². The van der Waals surface area contributed by atoms with Crippen LogP contribution in [0.2, 0.25) is 5.02 Å². The molecule has 1 amide bonds. The lowest BCUT2D eigenvalue weighted by Crippen LogP contribution is -2.45. The van der Waals surface area contributed by atoms with Gasteiger partial charge < -0.3 is 35.3 Å². The Morgan fingerprint density at radius 1 is 1.27 bits per heavy atom. The average molecular weight is 583 g/mol. The van der Waals surface area contributed by atoms with Gasteiger partial charge in [-0.25, -0.2) is 14.2 Å². The number of carbonyl (C=O) groups excluding carboxylic acids is 1. The number of hydrogen-bond donors (Lipinski definition) is 5. The van der Waals surface area contributed by atoms with E-state index < -0.39 is 18.9 Å². The third kappa shape index (κ3) is 6.63. The molecule has 1 aliphatic heterocycles. The van der Waals surface area contributed by atoms with Crippen molar-refractivity contribution in [3.8, 4) is 11.4 Å². The molecule has 10 nitrogen and oxygen atoms in total. The number of aromatic nitrogens is 3. The number of ether oxygens (including phenoxy) is 1. The zero-order valence-corrected chi connectivity index (χ0v) is 23.3. The molecule has 216 valence electrons. The van der Waals surface area contributed by atoms with Crippen molar-refractivity contribution in [3.63, 3.8) is 0 Å². The van der Waals surface area contributed by atoms with Gasteiger partial charge in [-0.1, -0.05) is 23.7 Å². The lowest BCUT2D eigenvalue weighted by atomic mass is 10.0. The number of aliphatic hydroxyl groups is 1. The third-order valence-electron chi connectivity index (χ3n) is 7.17. The maximum absolute atomic E-state index is 12.9. The molecule has 0 spiro atoms. The summed E-state index contributed by atoms with van der Waals surface area (Å²) in [6, 6.07) is 12.8. The summed E-state index contributed by atoms with van der Waals surface area (Å²) in [4.78, 5) is 37.7. The fourth-order valence-corrected chi connectivity index (χ4v) is 5.29. The van der Waals surface area contributed by atoms with Crippen LogP contribution in [0.1, 0.15) is 30.1 Å². The van der Waals surface area contributed by atoms with Gasteiger partial charge in [0.1, 0.15) is 24.7 Å². The molecule has 2 aromatic heterocycles. The minimum atomic E-state index is -0.832. The van der Waals surface area contributed by atoms with E-state index in [1.807, 2.05) is 13.0 Å². The Morgan fingerprint density at radius 3 is 2.83 bits per heavy atom. The second-order valence-electron chi connectivity index (χ2n) is 10.0. The number of rotatable bonds is 9.